The third kappa shape index (κ3) is 4.61. The number of carbonyl (C=O) groups is 1. The summed E-state index contributed by atoms with van der Waals surface area (Å²) < 4.78 is 11.2. The Morgan fingerprint density at radius 1 is 1.29 bits per heavy atom. The molecule has 6 heteroatoms. The molecule has 0 aliphatic heterocycles. The van der Waals surface area contributed by atoms with E-state index in [9.17, 15) is 4.79 Å². The van der Waals surface area contributed by atoms with Crippen molar-refractivity contribution in [3.05, 3.63) is 52.4 Å². The third-order valence-electron chi connectivity index (χ3n) is 3.98. The molecule has 0 spiro atoms. The van der Waals surface area contributed by atoms with Gasteiger partial charge in [-0.1, -0.05) is 26.0 Å². The first kappa shape index (κ1) is 18.5. The van der Waals surface area contributed by atoms with Crippen LogP contribution in [0, 0.1) is 0 Å². The van der Waals surface area contributed by atoms with Crippen LogP contribution in [0.3, 0.4) is 0 Å². The number of furan rings is 1. The number of benzene rings is 1. The number of ether oxygens (including phenoxy) is 1. The Morgan fingerprint density at radius 3 is 2.62 bits per heavy atom. The van der Waals surface area contributed by atoms with E-state index in [2.05, 4.69) is 46.1 Å². The fourth-order valence-corrected chi connectivity index (χ4v) is 2.99. The number of rotatable bonds is 8. The lowest BCUT2D eigenvalue weighted by atomic mass is 10.0. The second-order valence-electron chi connectivity index (χ2n) is 5.33. The van der Waals surface area contributed by atoms with Crippen LogP contribution in [-0.2, 0) is 0 Å². The molecule has 2 aromatic rings. The molecule has 1 unspecified atom stereocenters. The first-order valence-electron chi connectivity index (χ1n) is 8.00. The SMILES string of the molecule is CCN(CC)C(CNC(=O)c1ccc(Br)o1)c1cccc(OC)c1. The van der Waals surface area contributed by atoms with Gasteiger partial charge in [0.1, 0.15) is 5.75 Å². The average molecular weight is 395 g/mol. The van der Waals surface area contributed by atoms with E-state index in [0.29, 0.717) is 17.0 Å². The van der Waals surface area contributed by atoms with E-state index in [1.54, 1.807) is 19.2 Å². The molecule has 0 saturated heterocycles. The van der Waals surface area contributed by atoms with Crippen LogP contribution in [0.1, 0.15) is 36.0 Å². The number of likely N-dealkylation sites (N-methyl/N-ethyl adjacent to an activating group) is 1. The normalized spacial score (nSPS) is 12.2. The van der Waals surface area contributed by atoms with Crippen LogP contribution in [-0.4, -0.2) is 37.6 Å². The van der Waals surface area contributed by atoms with E-state index in [4.69, 9.17) is 9.15 Å². The molecule has 1 N–H and O–H groups in total. The highest BCUT2D eigenvalue weighted by Crippen LogP contribution is 2.24. The molecule has 130 valence electrons. The van der Waals surface area contributed by atoms with Crippen LogP contribution in [0.2, 0.25) is 0 Å². The van der Waals surface area contributed by atoms with Gasteiger partial charge in [-0.3, -0.25) is 9.69 Å². The molecule has 1 aromatic carbocycles. The van der Waals surface area contributed by atoms with Gasteiger partial charge >= 0.3 is 0 Å². The Hall–Kier alpha value is -1.79. The molecule has 5 nitrogen and oxygen atoms in total. The van der Waals surface area contributed by atoms with Crippen molar-refractivity contribution < 1.29 is 13.9 Å². The zero-order valence-corrected chi connectivity index (χ0v) is 15.8. The standard InChI is InChI=1S/C18H23BrN2O3/c1-4-21(5-2)15(13-7-6-8-14(11-13)23-3)12-20-18(22)16-9-10-17(19)24-16/h6-11,15H,4-5,12H2,1-3H3,(H,20,22). The van der Waals surface area contributed by atoms with Crippen LogP contribution in [0.15, 0.2) is 45.5 Å². The summed E-state index contributed by atoms with van der Waals surface area (Å²) in [5, 5.41) is 2.96. The average Bonchev–Trinajstić information content (AvgIpc) is 3.05. The van der Waals surface area contributed by atoms with Gasteiger partial charge in [-0.15, -0.1) is 0 Å². The molecule has 0 fully saturated rings. The molecule has 1 aromatic heterocycles. The van der Waals surface area contributed by atoms with Gasteiger partial charge < -0.3 is 14.5 Å². The minimum Gasteiger partial charge on any atom is -0.497 e. The summed E-state index contributed by atoms with van der Waals surface area (Å²) in [7, 11) is 1.65. The number of amides is 1. The highest BCUT2D eigenvalue weighted by Gasteiger charge is 2.20. The van der Waals surface area contributed by atoms with Crippen molar-refractivity contribution >= 4 is 21.8 Å². The van der Waals surface area contributed by atoms with Crippen LogP contribution in [0.4, 0.5) is 0 Å². The molecule has 1 heterocycles. The Balaban J connectivity index is 2.15. The Bertz CT molecular complexity index is 668. The van der Waals surface area contributed by atoms with Crippen LogP contribution < -0.4 is 10.1 Å². The second kappa shape index (κ2) is 8.89. The quantitative estimate of drug-likeness (QED) is 0.738. The number of nitrogens with one attached hydrogen (secondary N) is 1. The van der Waals surface area contributed by atoms with E-state index >= 15 is 0 Å². The van der Waals surface area contributed by atoms with Gasteiger partial charge in [0.05, 0.1) is 13.2 Å². The van der Waals surface area contributed by atoms with Crippen molar-refractivity contribution in [3.8, 4) is 5.75 Å². The minimum absolute atomic E-state index is 0.0671. The molecule has 0 bridgehead atoms. The maximum Gasteiger partial charge on any atom is 0.287 e. The summed E-state index contributed by atoms with van der Waals surface area (Å²) in [5.74, 6) is 0.887. The van der Waals surface area contributed by atoms with Gasteiger partial charge in [0.25, 0.3) is 5.91 Å². The van der Waals surface area contributed by atoms with E-state index in [1.807, 2.05) is 18.2 Å². The highest BCUT2D eigenvalue weighted by molar-refractivity contribution is 9.10. The van der Waals surface area contributed by atoms with E-state index < -0.39 is 0 Å². The Morgan fingerprint density at radius 2 is 2.04 bits per heavy atom. The number of carbonyl (C=O) groups excluding carboxylic acids is 1. The van der Waals surface area contributed by atoms with Crippen molar-refractivity contribution in [1.29, 1.82) is 0 Å². The summed E-state index contributed by atoms with van der Waals surface area (Å²) in [6.07, 6.45) is 0. The smallest absolute Gasteiger partial charge is 0.287 e. The molecule has 1 amide bonds. The van der Waals surface area contributed by atoms with Crippen molar-refractivity contribution in [3.63, 3.8) is 0 Å². The molecule has 0 saturated carbocycles. The first-order valence-corrected chi connectivity index (χ1v) is 8.79. The zero-order chi connectivity index (χ0) is 17.5. The topological polar surface area (TPSA) is 54.7 Å². The third-order valence-corrected chi connectivity index (χ3v) is 4.41. The Labute approximate surface area is 151 Å². The molecule has 0 aliphatic rings. The number of halogens is 1. The van der Waals surface area contributed by atoms with Crippen molar-refractivity contribution in [2.75, 3.05) is 26.7 Å². The molecule has 2 rings (SSSR count). The number of hydrogen-bond acceptors (Lipinski definition) is 4. The first-order chi connectivity index (χ1) is 11.6. The molecular weight excluding hydrogens is 372 g/mol. The molecule has 1 atom stereocenters. The van der Waals surface area contributed by atoms with E-state index in [-0.39, 0.29) is 11.9 Å². The predicted octanol–water partition coefficient (Wildman–Crippen LogP) is 3.86. The maximum atomic E-state index is 12.2. The van der Waals surface area contributed by atoms with E-state index in [0.717, 1.165) is 24.4 Å². The lowest BCUT2D eigenvalue weighted by molar-refractivity contribution is 0.0906. The van der Waals surface area contributed by atoms with Crippen molar-refractivity contribution in [2.24, 2.45) is 0 Å². The number of nitrogens with zero attached hydrogens (tertiary/aromatic N) is 1. The minimum atomic E-state index is -0.222. The predicted molar refractivity (Wildman–Crippen MR) is 97.4 cm³/mol. The summed E-state index contributed by atoms with van der Waals surface area (Å²) in [5.41, 5.74) is 1.11. The van der Waals surface area contributed by atoms with Gasteiger partial charge in [-0.25, -0.2) is 0 Å². The van der Waals surface area contributed by atoms with Gasteiger partial charge in [-0.2, -0.15) is 0 Å². The largest absolute Gasteiger partial charge is 0.497 e. The summed E-state index contributed by atoms with van der Waals surface area (Å²) in [6, 6.07) is 11.4. The summed E-state index contributed by atoms with van der Waals surface area (Å²) in [4.78, 5) is 14.5. The molecular formula is C18H23BrN2O3. The summed E-state index contributed by atoms with van der Waals surface area (Å²) >= 11 is 3.21. The van der Waals surface area contributed by atoms with Gasteiger partial charge in [0.15, 0.2) is 10.4 Å². The van der Waals surface area contributed by atoms with Gasteiger partial charge in [0, 0.05) is 6.54 Å². The highest BCUT2D eigenvalue weighted by atomic mass is 79.9. The lowest BCUT2D eigenvalue weighted by Crippen LogP contribution is -2.38. The maximum absolute atomic E-state index is 12.2. The van der Waals surface area contributed by atoms with Crippen molar-refractivity contribution in [2.45, 2.75) is 19.9 Å². The number of methoxy groups -OCH3 is 1. The van der Waals surface area contributed by atoms with Crippen LogP contribution in [0.25, 0.3) is 0 Å². The van der Waals surface area contributed by atoms with Gasteiger partial charge in [-0.05, 0) is 58.8 Å². The van der Waals surface area contributed by atoms with Crippen LogP contribution >= 0.6 is 15.9 Å². The number of hydrogen-bond donors (Lipinski definition) is 1. The van der Waals surface area contributed by atoms with E-state index in [1.165, 1.54) is 0 Å². The molecule has 0 radical (unpaired) electrons. The summed E-state index contributed by atoms with van der Waals surface area (Å²) in [6.45, 7) is 6.50. The fraction of sp³-hybridized carbons (Fsp3) is 0.389. The van der Waals surface area contributed by atoms with Crippen molar-refractivity contribution in [1.82, 2.24) is 10.2 Å². The lowest BCUT2D eigenvalue weighted by Gasteiger charge is -2.30. The van der Waals surface area contributed by atoms with Crippen LogP contribution in [0.5, 0.6) is 5.75 Å². The van der Waals surface area contributed by atoms with Gasteiger partial charge in [0.2, 0.25) is 0 Å². The molecule has 0 aliphatic carbocycles. The fourth-order valence-electron chi connectivity index (χ4n) is 2.68. The second-order valence-corrected chi connectivity index (χ2v) is 6.11. The zero-order valence-electron chi connectivity index (χ0n) is 14.2. The monoisotopic (exact) mass is 394 g/mol. The molecule has 24 heavy (non-hydrogen) atoms. The Kier molecular flexibility index (Phi) is 6.87.